The molecule has 2 aliphatic heterocycles. The van der Waals surface area contributed by atoms with Crippen molar-refractivity contribution >= 4 is 11.9 Å². The molecule has 3 aromatic rings. The lowest BCUT2D eigenvalue weighted by Gasteiger charge is -2.37. The summed E-state index contributed by atoms with van der Waals surface area (Å²) in [6.45, 7) is 0.251. The van der Waals surface area contributed by atoms with Crippen molar-refractivity contribution in [3.05, 3.63) is 89.5 Å². The Labute approximate surface area is 224 Å². The summed E-state index contributed by atoms with van der Waals surface area (Å²) in [5.74, 6) is -0.622. The minimum Gasteiger partial charge on any atom is -0.448 e. The summed E-state index contributed by atoms with van der Waals surface area (Å²) in [6.07, 6.45) is -2.39. The molecule has 2 fully saturated rings. The molecule has 0 saturated carbocycles. The van der Waals surface area contributed by atoms with Crippen LogP contribution in [0.1, 0.15) is 48.3 Å². The lowest BCUT2D eigenvalue weighted by Crippen LogP contribution is -2.48. The van der Waals surface area contributed by atoms with Crippen molar-refractivity contribution < 1.29 is 32.2 Å². The number of Topliss-reactive ketones (excluding diaryl/α,β-unsaturated/α-hetero) is 1. The second kappa shape index (κ2) is 10.1. The fourth-order valence-electron chi connectivity index (χ4n) is 6.60. The molecule has 2 saturated heterocycles. The van der Waals surface area contributed by atoms with E-state index in [1.807, 2.05) is 29.2 Å². The molecule has 2 atom stereocenters. The van der Waals surface area contributed by atoms with Gasteiger partial charge in [0.1, 0.15) is 18.1 Å². The molecular formula is C31H28F3NO4. The van der Waals surface area contributed by atoms with Crippen molar-refractivity contribution in [3.8, 4) is 16.9 Å². The minimum atomic E-state index is -4.78. The van der Waals surface area contributed by atoms with Gasteiger partial charge in [-0.3, -0.25) is 4.79 Å². The second-order valence-corrected chi connectivity index (χ2v) is 10.6. The number of carbonyl (C=O) groups excluding carboxylic acids is 2. The Morgan fingerprint density at radius 1 is 0.846 bits per heavy atom. The zero-order valence-electron chi connectivity index (χ0n) is 21.2. The summed E-state index contributed by atoms with van der Waals surface area (Å²) >= 11 is 0. The molecule has 8 heteroatoms. The number of fused-ring (bicyclic) bond motifs is 5. The number of amides is 1. The molecule has 3 aromatic carbocycles. The number of alkyl halides is 3. The van der Waals surface area contributed by atoms with E-state index in [0.717, 1.165) is 24.0 Å². The van der Waals surface area contributed by atoms with Crippen LogP contribution in [0.15, 0.2) is 72.8 Å². The zero-order valence-corrected chi connectivity index (χ0v) is 21.2. The van der Waals surface area contributed by atoms with Crippen LogP contribution in [0.2, 0.25) is 0 Å². The van der Waals surface area contributed by atoms with Crippen molar-refractivity contribution in [2.24, 2.45) is 5.92 Å². The Morgan fingerprint density at radius 2 is 1.46 bits per heavy atom. The summed E-state index contributed by atoms with van der Waals surface area (Å²) < 4.78 is 47.6. The summed E-state index contributed by atoms with van der Waals surface area (Å²) in [6, 6.07) is 21.8. The Kier molecular flexibility index (Phi) is 6.57. The topological polar surface area (TPSA) is 55.8 Å². The van der Waals surface area contributed by atoms with E-state index < -0.39 is 6.36 Å². The lowest BCUT2D eigenvalue weighted by atomic mass is 9.85. The van der Waals surface area contributed by atoms with Crippen LogP contribution in [0.25, 0.3) is 11.1 Å². The number of rotatable bonds is 6. The number of nitrogens with zero attached hydrogens (tertiary/aromatic N) is 1. The molecule has 1 aliphatic carbocycles. The summed E-state index contributed by atoms with van der Waals surface area (Å²) in [7, 11) is 0. The molecule has 0 radical (unpaired) electrons. The van der Waals surface area contributed by atoms with Crippen molar-refractivity contribution in [2.45, 2.75) is 56.5 Å². The first kappa shape index (κ1) is 25.5. The molecule has 39 heavy (non-hydrogen) atoms. The first-order valence-corrected chi connectivity index (χ1v) is 13.3. The molecule has 6 rings (SSSR count). The number of halogens is 3. The van der Waals surface area contributed by atoms with Gasteiger partial charge < -0.3 is 14.4 Å². The predicted molar refractivity (Wildman–Crippen MR) is 138 cm³/mol. The zero-order chi connectivity index (χ0) is 27.1. The number of hydrogen-bond acceptors (Lipinski definition) is 4. The third kappa shape index (κ3) is 5.12. The van der Waals surface area contributed by atoms with Crippen molar-refractivity contribution in [1.29, 1.82) is 0 Å². The van der Waals surface area contributed by atoms with E-state index in [2.05, 4.69) is 29.0 Å². The largest absolute Gasteiger partial charge is 0.573 e. The van der Waals surface area contributed by atoms with E-state index >= 15 is 0 Å². The quantitative estimate of drug-likeness (QED) is 0.345. The highest BCUT2D eigenvalue weighted by atomic mass is 19.4. The van der Waals surface area contributed by atoms with E-state index in [1.165, 1.54) is 29.3 Å². The fourth-order valence-corrected chi connectivity index (χ4v) is 6.60. The van der Waals surface area contributed by atoms with Crippen LogP contribution in [0.5, 0.6) is 5.75 Å². The molecule has 202 valence electrons. The maximum atomic E-state index is 13.3. The maximum absolute atomic E-state index is 13.3. The smallest absolute Gasteiger partial charge is 0.448 e. The fraction of sp³-hybridized carbons (Fsp3) is 0.355. The highest BCUT2D eigenvalue weighted by Gasteiger charge is 2.46. The van der Waals surface area contributed by atoms with Crippen molar-refractivity contribution in [1.82, 2.24) is 4.90 Å². The van der Waals surface area contributed by atoms with E-state index in [4.69, 9.17) is 4.74 Å². The Bertz CT molecular complexity index is 1340. The van der Waals surface area contributed by atoms with Gasteiger partial charge in [-0.25, -0.2) is 4.79 Å². The van der Waals surface area contributed by atoms with Crippen LogP contribution >= 0.6 is 0 Å². The average Bonchev–Trinajstić information content (AvgIpc) is 3.37. The number of carbonyl (C=O) groups is 2. The van der Waals surface area contributed by atoms with Gasteiger partial charge >= 0.3 is 12.5 Å². The van der Waals surface area contributed by atoms with Crippen LogP contribution in [-0.2, 0) is 16.0 Å². The molecule has 1 amide bonds. The van der Waals surface area contributed by atoms with Gasteiger partial charge in [0.2, 0.25) is 0 Å². The second-order valence-electron chi connectivity index (χ2n) is 10.6. The van der Waals surface area contributed by atoms with Crippen LogP contribution in [0.3, 0.4) is 0 Å². The van der Waals surface area contributed by atoms with E-state index in [1.54, 1.807) is 6.07 Å². The Hall–Kier alpha value is -3.81. The van der Waals surface area contributed by atoms with Crippen LogP contribution in [-0.4, -0.2) is 41.8 Å². The van der Waals surface area contributed by atoms with Gasteiger partial charge in [-0.15, -0.1) is 13.2 Å². The summed E-state index contributed by atoms with van der Waals surface area (Å²) in [5.41, 5.74) is 5.13. The van der Waals surface area contributed by atoms with Gasteiger partial charge in [0.05, 0.1) is 0 Å². The molecule has 5 nitrogen and oxygen atoms in total. The highest BCUT2D eigenvalue weighted by Crippen LogP contribution is 2.45. The molecule has 2 bridgehead atoms. The van der Waals surface area contributed by atoms with Gasteiger partial charge in [0.15, 0.2) is 0 Å². The Morgan fingerprint density at radius 3 is 2.08 bits per heavy atom. The molecule has 2 heterocycles. The van der Waals surface area contributed by atoms with E-state index in [-0.39, 0.29) is 54.6 Å². The molecule has 2 unspecified atom stereocenters. The van der Waals surface area contributed by atoms with Crippen LogP contribution in [0.4, 0.5) is 18.0 Å². The number of benzene rings is 3. The Balaban J connectivity index is 1.08. The number of ether oxygens (including phenoxy) is 2. The number of hydrogen-bond donors (Lipinski definition) is 0. The van der Waals surface area contributed by atoms with Gasteiger partial charge in [-0.1, -0.05) is 60.7 Å². The molecule has 0 aromatic heterocycles. The first-order valence-electron chi connectivity index (χ1n) is 13.3. The number of piperidine rings is 1. The third-order valence-corrected chi connectivity index (χ3v) is 8.25. The average molecular weight is 536 g/mol. The summed E-state index contributed by atoms with van der Waals surface area (Å²) in [5, 5.41) is 0. The molecular weight excluding hydrogens is 507 g/mol. The van der Waals surface area contributed by atoms with Crippen LogP contribution < -0.4 is 4.74 Å². The standard InChI is InChI=1S/C31H28F3NO4/c32-31(33,34)39-23-7-5-6-19(14-23)15-29(36)20-16-21-12-13-22(17-20)35(21)30(37)38-18-28-26-10-3-1-8-24(26)25-9-2-4-11-27(25)28/h1-11,14,20-22,28H,12-13,15-18H2. The normalized spacial score (nSPS) is 21.8. The highest BCUT2D eigenvalue weighted by molar-refractivity contribution is 5.84. The molecule has 0 N–H and O–H groups in total. The minimum absolute atomic E-state index is 0.0183. The predicted octanol–water partition coefficient (Wildman–Crippen LogP) is 6.89. The monoisotopic (exact) mass is 535 g/mol. The molecule has 0 spiro atoms. The lowest BCUT2D eigenvalue weighted by molar-refractivity contribution is -0.274. The van der Waals surface area contributed by atoms with E-state index in [9.17, 15) is 22.8 Å². The third-order valence-electron chi connectivity index (χ3n) is 8.25. The molecule has 3 aliphatic rings. The first-order chi connectivity index (χ1) is 18.8. The summed E-state index contributed by atoms with van der Waals surface area (Å²) in [4.78, 5) is 28.2. The maximum Gasteiger partial charge on any atom is 0.573 e. The van der Waals surface area contributed by atoms with E-state index in [0.29, 0.717) is 18.4 Å². The SMILES string of the molecule is O=C(Cc1cccc(OC(F)(F)F)c1)C1CC2CCC(C1)N2C(=O)OCC1c2ccccc2-c2ccccc21. The van der Waals surface area contributed by atoms with Crippen molar-refractivity contribution in [3.63, 3.8) is 0 Å². The van der Waals surface area contributed by atoms with Crippen molar-refractivity contribution in [2.75, 3.05) is 6.61 Å². The van der Waals surface area contributed by atoms with Gasteiger partial charge in [0.25, 0.3) is 0 Å². The van der Waals surface area contributed by atoms with Gasteiger partial charge in [-0.05, 0) is 65.6 Å². The number of ketones is 1. The van der Waals surface area contributed by atoms with Gasteiger partial charge in [-0.2, -0.15) is 0 Å². The van der Waals surface area contributed by atoms with Crippen LogP contribution in [0, 0.1) is 5.92 Å². The van der Waals surface area contributed by atoms with Gasteiger partial charge in [0, 0.05) is 30.3 Å².